The molecule has 6 nitrogen and oxygen atoms in total. The largest absolute Gasteiger partial charge is 0.771 e. The summed E-state index contributed by atoms with van der Waals surface area (Å²) in [5, 5.41) is -0.500. The molecule has 0 N–H and O–H groups in total. The van der Waals surface area contributed by atoms with E-state index in [1.54, 1.807) is 4.90 Å². The van der Waals surface area contributed by atoms with Crippen molar-refractivity contribution in [3.63, 3.8) is 0 Å². The molecular formula is C19H27N2O4S-. The Hall–Kier alpha value is -1.44. The number of hydrogen-bond donors (Lipinski definition) is 0. The van der Waals surface area contributed by atoms with E-state index in [0.29, 0.717) is 13.1 Å². The highest BCUT2D eigenvalue weighted by Gasteiger charge is 2.34. The summed E-state index contributed by atoms with van der Waals surface area (Å²) in [5.74, 6) is -0.0514. The van der Waals surface area contributed by atoms with E-state index in [1.807, 2.05) is 30.3 Å². The van der Waals surface area contributed by atoms with Crippen LogP contribution >= 0.6 is 0 Å². The number of ether oxygens (including phenoxy) is 1. The Bertz CT molecular complexity index is 607. The summed E-state index contributed by atoms with van der Waals surface area (Å²) in [6, 6.07) is 9.57. The molecule has 1 aromatic carbocycles. The molecule has 3 rings (SSSR count). The van der Waals surface area contributed by atoms with Gasteiger partial charge in [0.25, 0.3) is 0 Å². The molecule has 7 heteroatoms. The predicted octanol–water partition coefficient (Wildman–Crippen LogP) is 2.73. The SMILES string of the molecule is O=C(OCc1ccccc1)N1CCCC(C(N2CCCCC2)S(=O)[O-])C1. The molecule has 0 saturated carbocycles. The van der Waals surface area contributed by atoms with Crippen LogP contribution in [0.3, 0.4) is 0 Å². The molecule has 0 aromatic heterocycles. The molecule has 2 saturated heterocycles. The van der Waals surface area contributed by atoms with Gasteiger partial charge in [-0.2, -0.15) is 0 Å². The number of carbonyl (C=O) groups excluding carboxylic acids is 1. The predicted molar refractivity (Wildman–Crippen MR) is 99.1 cm³/mol. The molecule has 2 fully saturated rings. The monoisotopic (exact) mass is 379 g/mol. The third-order valence-electron chi connectivity index (χ3n) is 5.27. The molecule has 0 radical (unpaired) electrons. The standard InChI is InChI=1S/C19H28N2O4S/c22-19(25-15-16-8-3-1-4-9-16)21-13-7-10-17(14-21)18(26(23)24)20-11-5-2-6-12-20/h1,3-4,8-9,17-18H,2,5-7,10-15H2,(H,23,24)/p-1. The van der Waals surface area contributed by atoms with Gasteiger partial charge in [-0.15, -0.1) is 0 Å². The first kappa shape index (κ1) is 19.3. The fourth-order valence-corrected chi connectivity index (χ4v) is 4.96. The molecule has 2 heterocycles. The van der Waals surface area contributed by atoms with Crippen molar-refractivity contribution < 1.29 is 18.3 Å². The van der Waals surface area contributed by atoms with Crippen molar-refractivity contribution in [3.8, 4) is 0 Å². The van der Waals surface area contributed by atoms with Crippen molar-refractivity contribution >= 4 is 17.2 Å². The normalized spacial score (nSPS) is 24.0. The van der Waals surface area contributed by atoms with Crippen LogP contribution in [0.25, 0.3) is 0 Å². The second-order valence-electron chi connectivity index (χ2n) is 7.14. The van der Waals surface area contributed by atoms with Crippen LogP contribution in [-0.2, 0) is 22.4 Å². The maximum Gasteiger partial charge on any atom is 0.410 e. The van der Waals surface area contributed by atoms with Crippen LogP contribution in [0.2, 0.25) is 0 Å². The number of amides is 1. The Labute approximate surface area is 157 Å². The van der Waals surface area contributed by atoms with E-state index in [1.165, 1.54) is 0 Å². The van der Waals surface area contributed by atoms with Gasteiger partial charge in [0.15, 0.2) is 0 Å². The fourth-order valence-electron chi connectivity index (χ4n) is 3.97. The summed E-state index contributed by atoms with van der Waals surface area (Å²) in [7, 11) is 0. The summed E-state index contributed by atoms with van der Waals surface area (Å²) >= 11 is -2.16. The average molecular weight is 380 g/mol. The first-order valence-electron chi connectivity index (χ1n) is 9.43. The van der Waals surface area contributed by atoms with Crippen molar-refractivity contribution in [1.29, 1.82) is 0 Å². The molecule has 0 aliphatic carbocycles. The van der Waals surface area contributed by atoms with Crippen molar-refractivity contribution in [2.45, 2.75) is 44.1 Å². The Balaban J connectivity index is 1.58. The lowest BCUT2D eigenvalue weighted by Crippen LogP contribution is -2.52. The zero-order valence-corrected chi connectivity index (χ0v) is 15.9. The smallest absolute Gasteiger partial charge is 0.410 e. The number of likely N-dealkylation sites (tertiary alicyclic amines) is 2. The van der Waals surface area contributed by atoms with Crippen LogP contribution in [0, 0.1) is 5.92 Å². The molecule has 3 atom stereocenters. The van der Waals surface area contributed by atoms with Gasteiger partial charge < -0.3 is 14.2 Å². The second-order valence-corrected chi connectivity index (χ2v) is 8.14. The summed E-state index contributed by atoms with van der Waals surface area (Å²) in [4.78, 5) is 16.2. The molecule has 2 aliphatic heterocycles. The number of rotatable bonds is 5. The van der Waals surface area contributed by atoms with Crippen molar-refractivity contribution in [3.05, 3.63) is 35.9 Å². The van der Waals surface area contributed by atoms with Crippen molar-refractivity contribution in [2.24, 2.45) is 5.92 Å². The van der Waals surface area contributed by atoms with E-state index >= 15 is 0 Å². The molecule has 0 spiro atoms. The van der Waals surface area contributed by atoms with Crippen LogP contribution in [0.5, 0.6) is 0 Å². The highest BCUT2D eigenvalue weighted by Crippen LogP contribution is 2.27. The van der Waals surface area contributed by atoms with Gasteiger partial charge in [-0.3, -0.25) is 9.11 Å². The van der Waals surface area contributed by atoms with Gasteiger partial charge in [0.05, 0.1) is 5.37 Å². The van der Waals surface area contributed by atoms with Gasteiger partial charge in [0.1, 0.15) is 6.61 Å². The van der Waals surface area contributed by atoms with Gasteiger partial charge in [0.2, 0.25) is 0 Å². The topological polar surface area (TPSA) is 72.9 Å². The Kier molecular flexibility index (Phi) is 7.05. The molecule has 2 aliphatic rings. The van der Waals surface area contributed by atoms with Gasteiger partial charge in [-0.1, -0.05) is 36.8 Å². The van der Waals surface area contributed by atoms with Crippen molar-refractivity contribution in [2.75, 3.05) is 26.2 Å². The number of nitrogens with zero attached hydrogens (tertiary/aromatic N) is 2. The maximum atomic E-state index is 12.4. The molecule has 0 bridgehead atoms. The Morgan fingerprint density at radius 2 is 1.88 bits per heavy atom. The Morgan fingerprint density at radius 1 is 1.15 bits per heavy atom. The lowest BCUT2D eigenvalue weighted by atomic mass is 9.96. The van der Waals surface area contributed by atoms with Crippen LogP contribution in [-0.4, -0.2) is 56.2 Å². The molecule has 3 unspecified atom stereocenters. The van der Waals surface area contributed by atoms with Crippen molar-refractivity contribution in [1.82, 2.24) is 9.80 Å². The maximum absolute atomic E-state index is 12.4. The van der Waals surface area contributed by atoms with Gasteiger partial charge in [-0.05, 0) is 55.4 Å². The lowest BCUT2D eigenvalue weighted by molar-refractivity contribution is 0.0639. The number of hydrogen-bond acceptors (Lipinski definition) is 5. The minimum Gasteiger partial charge on any atom is -0.771 e. The first-order chi connectivity index (χ1) is 12.6. The zero-order chi connectivity index (χ0) is 18.4. The quantitative estimate of drug-likeness (QED) is 0.736. The lowest BCUT2D eigenvalue weighted by Gasteiger charge is -2.43. The van der Waals surface area contributed by atoms with Gasteiger partial charge in [0, 0.05) is 19.0 Å². The van der Waals surface area contributed by atoms with E-state index in [0.717, 1.165) is 50.8 Å². The van der Waals surface area contributed by atoms with E-state index < -0.39 is 16.5 Å². The minimum atomic E-state index is -2.16. The van der Waals surface area contributed by atoms with Gasteiger partial charge in [-0.25, -0.2) is 4.79 Å². The second kappa shape index (κ2) is 9.48. The van der Waals surface area contributed by atoms with E-state index in [-0.39, 0.29) is 18.6 Å². The van der Waals surface area contributed by atoms with E-state index in [4.69, 9.17) is 4.74 Å². The highest BCUT2D eigenvalue weighted by molar-refractivity contribution is 7.79. The Morgan fingerprint density at radius 3 is 2.58 bits per heavy atom. The zero-order valence-electron chi connectivity index (χ0n) is 15.0. The molecule has 144 valence electrons. The number of piperidine rings is 2. The van der Waals surface area contributed by atoms with E-state index in [2.05, 4.69) is 4.90 Å². The minimum absolute atomic E-state index is 0.0514. The van der Waals surface area contributed by atoms with Crippen LogP contribution < -0.4 is 0 Å². The summed E-state index contributed by atoms with van der Waals surface area (Å²) in [6.45, 7) is 2.97. The summed E-state index contributed by atoms with van der Waals surface area (Å²) in [6.07, 6.45) is 4.54. The fraction of sp³-hybridized carbons (Fsp3) is 0.632. The summed E-state index contributed by atoms with van der Waals surface area (Å²) in [5.41, 5.74) is 0.946. The molecular weight excluding hydrogens is 352 g/mol. The number of carbonyl (C=O) groups is 1. The third kappa shape index (κ3) is 5.05. The van der Waals surface area contributed by atoms with Crippen LogP contribution in [0.1, 0.15) is 37.7 Å². The number of benzene rings is 1. The van der Waals surface area contributed by atoms with Crippen LogP contribution in [0.4, 0.5) is 4.79 Å². The van der Waals surface area contributed by atoms with Gasteiger partial charge >= 0.3 is 6.09 Å². The van der Waals surface area contributed by atoms with E-state index in [9.17, 15) is 13.6 Å². The third-order valence-corrected chi connectivity index (χ3v) is 6.35. The highest BCUT2D eigenvalue weighted by atomic mass is 32.2. The first-order valence-corrected chi connectivity index (χ1v) is 10.6. The molecule has 26 heavy (non-hydrogen) atoms. The average Bonchev–Trinajstić information content (AvgIpc) is 2.68. The summed E-state index contributed by atoms with van der Waals surface area (Å²) < 4.78 is 29.2. The molecule has 1 amide bonds. The van der Waals surface area contributed by atoms with Crippen LogP contribution in [0.15, 0.2) is 30.3 Å². The molecule has 1 aromatic rings.